The highest BCUT2D eigenvalue weighted by Gasteiger charge is 2.36. The Kier molecular flexibility index (Phi) is 2.51. The molecule has 74 valence electrons. The first-order valence-electron chi connectivity index (χ1n) is 4.98. The average molecular weight is 184 g/mol. The Hall–Kier alpha value is -0.610. The lowest BCUT2D eigenvalue weighted by atomic mass is 10.1. The zero-order chi connectivity index (χ0) is 9.26. The molecule has 0 saturated carbocycles. The van der Waals surface area contributed by atoms with Crippen LogP contribution in [-0.2, 0) is 4.79 Å². The maximum atomic E-state index is 10.9. The smallest absolute Gasteiger partial charge is 0.320 e. The summed E-state index contributed by atoms with van der Waals surface area (Å²) in [6.07, 6.45) is 2.96. The van der Waals surface area contributed by atoms with E-state index in [1.54, 1.807) is 0 Å². The van der Waals surface area contributed by atoms with Gasteiger partial charge in [0, 0.05) is 12.6 Å². The van der Waals surface area contributed by atoms with Gasteiger partial charge in [-0.3, -0.25) is 9.69 Å². The molecule has 0 amide bonds. The van der Waals surface area contributed by atoms with E-state index in [4.69, 9.17) is 5.11 Å². The molecular formula is C9H16N2O2. The summed E-state index contributed by atoms with van der Waals surface area (Å²) in [5, 5.41) is 12.3. The van der Waals surface area contributed by atoms with Crippen LogP contribution in [0.5, 0.6) is 0 Å². The van der Waals surface area contributed by atoms with E-state index >= 15 is 0 Å². The van der Waals surface area contributed by atoms with Crippen molar-refractivity contribution in [1.82, 2.24) is 10.2 Å². The van der Waals surface area contributed by atoms with E-state index in [0.717, 1.165) is 38.9 Å². The third-order valence-electron chi connectivity index (χ3n) is 3.08. The second kappa shape index (κ2) is 3.64. The van der Waals surface area contributed by atoms with Gasteiger partial charge in [-0.25, -0.2) is 0 Å². The molecule has 2 aliphatic heterocycles. The molecule has 4 nitrogen and oxygen atoms in total. The van der Waals surface area contributed by atoms with Crippen LogP contribution in [0.4, 0.5) is 0 Å². The quantitative estimate of drug-likeness (QED) is 0.629. The fourth-order valence-electron chi connectivity index (χ4n) is 2.41. The highest BCUT2D eigenvalue weighted by molar-refractivity contribution is 5.73. The molecule has 2 aliphatic rings. The van der Waals surface area contributed by atoms with Crippen molar-refractivity contribution in [3.8, 4) is 0 Å². The van der Waals surface area contributed by atoms with E-state index in [1.807, 2.05) is 0 Å². The minimum atomic E-state index is -0.649. The molecule has 0 aliphatic carbocycles. The number of aliphatic carboxylic acids is 1. The van der Waals surface area contributed by atoms with Crippen molar-refractivity contribution in [3.05, 3.63) is 0 Å². The topological polar surface area (TPSA) is 52.6 Å². The highest BCUT2D eigenvalue weighted by atomic mass is 16.4. The number of carboxylic acids is 1. The molecule has 0 radical (unpaired) electrons. The molecule has 0 spiro atoms. The highest BCUT2D eigenvalue weighted by Crippen LogP contribution is 2.22. The van der Waals surface area contributed by atoms with Crippen LogP contribution in [0.1, 0.15) is 19.3 Å². The predicted octanol–water partition coefficient (Wildman–Crippen LogP) is -0.103. The second-order valence-electron chi connectivity index (χ2n) is 3.88. The average Bonchev–Trinajstić information content (AvgIpc) is 2.74. The van der Waals surface area contributed by atoms with E-state index in [-0.39, 0.29) is 6.04 Å². The Bertz CT molecular complexity index is 202. The molecule has 0 aromatic heterocycles. The summed E-state index contributed by atoms with van der Waals surface area (Å²) in [6.45, 7) is 2.96. The molecule has 0 bridgehead atoms. The van der Waals surface area contributed by atoms with Crippen molar-refractivity contribution in [3.63, 3.8) is 0 Å². The molecule has 2 unspecified atom stereocenters. The van der Waals surface area contributed by atoms with Crippen LogP contribution in [0.15, 0.2) is 0 Å². The first-order chi connectivity index (χ1) is 6.29. The molecule has 13 heavy (non-hydrogen) atoms. The first-order valence-corrected chi connectivity index (χ1v) is 4.98. The molecule has 2 saturated heterocycles. The van der Waals surface area contributed by atoms with Gasteiger partial charge in [-0.15, -0.1) is 0 Å². The fraction of sp³-hybridized carbons (Fsp3) is 0.889. The van der Waals surface area contributed by atoms with E-state index in [2.05, 4.69) is 10.2 Å². The molecule has 2 N–H and O–H groups in total. The molecule has 2 rings (SSSR count). The minimum Gasteiger partial charge on any atom is -0.480 e. The summed E-state index contributed by atoms with van der Waals surface area (Å²) in [5.74, 6) is -0.649. The van der Waals surface area contributed by atoms with Gasteiger partial charge < -0.3 is 10.4 Å². The van der Waals surface area contributed by atoms with Crippen molar-refractivity contribution < 1.29 is 9.90 Å². The molecule has 0 aromatic carbocycles. The molecular weight excluding hydrogens is 168 g/mol. The van der Waals surface area contributed by atoms with Crippen LogP contribution in [-0.4, -0.2) is 47.7 Å². The van der Waals surface area contributed by atoms with Crippen molar-refractivity contribution in [2.75, 3.05) is 19.6 Å². The Labute approximate surface area is 77.9 Å². The van der Waals surface area contributed by atoms with Gasteiger partial charge in [0.2, 0.25) is 0 Å². The molecule has 2 fully saturated rings. The zero-order valence-electron chi connectivity index (χ0n) is 7.70. The van der Waals surface area contributed by atoms with E-state index in [0.29, 0.717) is 6.04 Å². The summed E-state index contributed by atoms with van der Waals surface area (Å²) in [5.41, 5.74) is 0. The van der Waals surface area contributed by atoms with Crippen LogP contribution in [0.2, 0.25) is 0 Å². The lowest BCUT2D eigenvalue weighted by Gasteiger charge is -2.27. The van der Waals surface area contributed by atoms with E-state index in [9.17, 15) is 4.79 Å². The van der Waals surface area contributed by atoms with Crippen LogP contribution >= 0.6 is 0 Å². The number of carbonyl (C=O) groups is 1. The third-order valence-corrected chi connectivity index (χ3v) is 3.08. The lowest BCUT2D eigenvalue weighted by Crippen LogP contribution is -2.44. The minimum absolute atomic E-state index is 0.218. The first kappa shape index (κ1) is 8.97. The van der Waals surface area contributed by atoms with Crippen LogP contribution in [0, 0.1) is 0 Å². The molecule has 0 aromatic rings. The summed E-state index contributed by atoms with van der Waals surface area (Å²) >= 11 is 0. The Morgan fingerprint density at radius 2 is 2.31 bits per heavy atom. The van der Waals surface area contributed by atoms with Crippen molar-refractivity contribution in [1.29, 1.82) is 0 Å². The number of carboxylic acid groups (broad SMARTS) is 1. The summed E-state index contributed by atoms with van der Waals surface area (Å²) in [6, 6.07) is 0.244. The normalized spacial score (nSPS) is 35.4. The second-order valence-corrected chi connectivity index (χ2v) is 3.88. The van der Waals surface area contributed by atoms with Gasteiger partial charge >= 0.3 is 5.97 Å². The van der Waals surface area contributed by atoms with Crippen molar-refractivity contribution in [2.24, 2.45) is 0 Å². The number of hydrogen-bond acceptors (Lipinski definition) is 3. The summed E-state index contributed by atoms with van der Waals surface area (Å²) < 4.78 is 0. The van der Waals surface area contributed by atoms with Crippen molar-refractivity contribution in [2.45, 2.75) is 31.3 Å². The maximum Gasteiger partial charge on any atom is 0.320 e. The number of rotatable bonds is 2. The largest absolute Gasteiger partial charge is 0.480 e. The van der Waals surface area contributed by atoms with Gasteiger partial charge in [0.25, 0.3) is 0 Å². The fourth-order valence-corrected chi connectivity index (χ4v) is 2.41. The molecule has 2 heterocycles. The standard InChI is InChI=1S/C9H16N2O2/c12-9(13)8-2-1-5-11(8)7-3-4-10-6-7/h7-8,10H,1-6H2,(H,12,13). The lowest BCUT2D eigenvalue weighted by molar-refractivity contribution is -0.142. The molecule has 2 atom stereocenters. The number of nitrogens with one attached hydrogen (secondary N) is 1. The van der Waals surface area contributed by atoms with Crippen LogP contribution < -0.4 is 5.32 Å². The van der Waals surface area contributed by atoms with Crippen LogP contribution in [0.3, 0.4) is 0 Å². The maximum absolute atomic E-state index is 10.9. The Balaban J connectivity index is 2.00. The van der Waals surface area contributed by atoms with Crippen molar-refractivity contribution >= 4 is 5.97 Å². The Morgan fingerprint density at radius 1 is 1.46 bits per heavy atom. The van der Waals surface area contributed by atoms with E-state index in [1.165, 1.54) is 0 Å². The number of nitrogens with zero attached hydrogens (tertiary/aromatic N) is 1. The van der Waals surface area contributed by atoms with Gasteiger partial charge in [-0.05, 0) is 32.4 Å². The molecule has 4 heteroatoms. The van der Waals surface area contributed by atoms with Gasteiger partial charge in [-0.2, -0.15) is 0 Å². The predicted molar refractivity (Wildman–Crippen MR) is 48.6 cm³/mol. The number of hydrogen-bond donors (Lipinski definition) is 2. The monoisotopic (exact) mass is 184 g/mol. The Morgan fingerprint density at radius 3 is 2.92 bits per heavy atom. The van der Waals surface area contributed by atoms with E-state index < -0.39 is 5.97 Å². The van der Waals surface area contributed by atoms with Gasteiger partial charge in [0.15, 0.2) is 0 Å². The number of likely N-dealkylation sites (tertiary alicyclic amines) is 1. The van der Waals surface area contributed by atoms with Gasteiger partial charge in [0.05, 0.1) is 0 Å². The van der Waals surface area contributed by atoms with Crippen LogP contribution in [0.25, 0.3) is 0 Å². The van der Waals surface area contributed by atoms with Gasteiger partial charge in [0.1, 0.15) is 6.04 Å². The third kappa shape index (κ3) is 1.69. The summed E-state index contributed by atoms with van der Waals surface area (Å²) in [4.78, 5) is 13.1. The SMILES string of the molecule is O=C(O)C1CCCN1C1CCNC1. The zero-order valence-corrected chi connectivity index (χ0v) is 7.70. The summed E-state index contributed by atoms with van der Waals surface area (Å²) in [7, 11) is 0. The van der Waals surface area contributed by atoms with Gasteiger partial charge in [-0.1, -0.05) is 0 Å².